The normalized spacial score (nSPS) is 12.5. The lowest BCUT2D eigenvalue weighted by molar-refractivity contribution is 0.300. The van der Waals surface area contributed by atoms with Crippen LogP contribution >= 0.6 is 0 Å². The standard InChI is InChI=1S/C15H25NO/c1-11-9-12(2)15(13(3)10-11)17-8-6-5-7-14(4)16/h9-10,14H,5-8,16H2,1-4H3. The third-order valence-corrected chi connectivity index (χ3v) is 2.90. The van der Waals surface area contributed by atoms with E-state index in [0.29, 0.717) is 6.04 Å². The smallest absolute Gasteiger partial charge is 0.125 e. The summed E-state index contributed by atoms with van der Waals surface area (Å²) in [5, 5.41) is 0. The van der Waals surface area contributed by atoms with Crippen LogP contribution in [0.1, 0.15) is 42.9 Å². The Kier molecular flexibility index (Phi) is 5.49. The highest BCUT2D eigenvalue weighted by Gasteiger charge is 2.04. The maximum absolute atomic E-state index is 5.86. The number of unbranched alkanes of at least 4 members (excludes halogenated alkanes) is 1. The van der Waals surface area contributed by atoms with Crippen molar-refractivity contribution in [2.75, 3.05) is 6.61 Å². The Morgan fingerprint density at radius 1 is 1.12 bits per heavy atom. The van der Waals surface area contributed by atoms with Gasteiger partial charge in [-0.15, -0.1) is 0 Å². The van der Waals surface area contributed by atoms with Gasteiger partial charge in [-0.25, -0.2) is 0 Å². The molecule has 0 bridgehead atoms. The summed E-state index contributed by atoms with van der Waals surface area (Å²) >= 11 is 0. The van der Waals surface area contributed by atoms with Crippen LogP contribution in [0.25, 0.3) is 0 Å². The molecule has 0 aliphatic heterocycles. The Bertz CT molecular complexity index is 335. The number of ether oxygens (including phenoxy) is 1. The molecular formula is C15H25NO. The Hall–Kier alpha value is -1.02. The van der Waals surface area contributed by atoms with Crippen molar-refractivity contribution < 1.29 is 4.74 Å². The predicted octanol–water partition coefficient (Wildman–Crippen LogP) is 3.51. The lowest BCUT2D eigenvalue weighted by Gasteiger charge is -2.13. The van der Waals surface area contributed by atoms with Gasteiger partial charge in [0.15, 0.2) is 0 Å². The van der Waals surface area contributed by atoms with Crippen LogP contribution in [0.5, 0.6) is 5.75 Å². The van der Waals surface area contributed by atoms with Crippen molar-refractivity contribution in [3.63, 3.8) is 0 Å². The largest absolute Gasteiger partial charge is 0.493 e. The van der Waals surface area contributed by atoms with Crippen molar-refractivity contribution >= 4 is 0 Å². The Morgan fingerprint density at radius 2 is 1.71 bits per heavy atom. The molecule has 0 aliphatic rings. The molecule has 1 aromatic carbocycles. The Balaban J connectivity index is 2.42. The van der Waals surface area contributed by atoms with Crippen molar-refractivity contribution in [2.24, 2.45) is 5.73 Å². The molecule has 0 aromatic heterocycles. The highest BCUT2D eigenvalue weighted by Crippen LogP contribution is 2.24. The van der Waals surface area contributed by atoms with Gasteiger partial charge in [0.1, 0.15) is 5.75 Å². The molecule has 1 atom stereocenters. The first-order valence-corrected chi connectivity index (χ1v) is 6.47. The fourth-order valence-electron chi connectivity index (χ4n) is 2.14. The summed E-state index contributed by atoms with van der Waals surface area (Å²) in [7, 11) is 0. The maximum Gasteiger partial charge on any atom is 0.125 e. The molecule has 0 heterocycles. The molecule has 96 valence electrons. The number of rotatable bonds is 6. The van der Waals surface area contributed by atoms with Crippen molar-refractivity contribution in [3.05, 3.63) is 28.8 Å². The summed E-state index contributed by atoms with van der Waals surface area (Å²) in [6.07, 6.45) is 3.30. The van der Waals surface area contributed by atoms with Gasteiger partial charge in [0.05, 0.1) is 6.61 Å². The van der Waals surface area contributed by atoms with Gasteiger partial charge >= 0.3 is 0 Å². The third kappa shape index (κ3) is 4.78. The molecule has 1 rings (SSSR count). The Labute approximate surface area is 105 Å². The number of hydrogen-bond acceptors (Lipinski definition) is 2. The van der Waals surface area contributed by atoms with Crippen LogP contribution in [0.15, 0.2) is 12.1 Å². The van der Waals surface area contributed by atoms with Gasteiger partial charge in [-0.3, -0.25) is 0 Å². The van der Waals surface area contributed by atoms with Gasteiger partial charge in [-0.05, 0) is 58.1 Å². The van der Waals surface area contributed by atoms with E-state index in [-0.39, 0.29) is 0 Å². The second-order valence-corrected chi connectivity index (χ2v) is 5.05. The van der Waals surface area contributed by atoms with E-state index in [1.165, 1.54) is 16.7 Å². The van der Waals surface area contributed by atoms with Gasteiger partial charge in [0.25, 0.3) is 0 Å². The zero-order chi connectivity index (χ0) is 12.8. The molecule has 2 heteroatoms. The van der Waals surface area contributed by atoms with Crippen LogP contribution in [0.3, 0.4) is 0 Å². The zero-order valence-corrected chi connectivity index (χ0v) is 11.5. The highest BCUT2D eigenvalue weighted by atomic mass is 16.5. The zero-order valence-electron chi connectivity index (χ0n) is 11.5. The van der Waals surface area contributed by atoms with E-state index in [1.807, 2.05) is 0 Å². The lowest BCUT2D eigenvalue weighted by atomic mass is 10.1. The quantitative estimate of drug-likeness (QED) is 0.766. The molecule has 0 saturated heterocycles. The van der Waals surface area contributed by atoms with E-state index in [1.54, 1.807) is 0 Å². The minimum Gasteiger partial charge on any atom is -0.493 e. The summed E-state index contributed by atoms with van der Waals surface area (Å²) in [6, 6.07) is 4.65. The molecule has 2 N–H and O–H groups in total. The highest BCUT2D eigenvalue weighted by molar-refractivity contribution is 5.42. The van der Waals surface area contributed by atoms with E-state index in [2.05, 4.69) is 39.8 Å². The minimum absolute atomic E-state index is 0.304. The number of hydrogen-bond donors (Lipinski definition) is 1. The van der Waals surface area contributed by atoms with Crippen LogP contribution in [-0.2, 0) is 0 Å². The topological polar surface area (TPSA) is 35.2 Å². The van der Waals surface area contributed by atoms with Crippen molar-refractivity contribution in [3.8, 4) is 5.75 Å². The molecular weight excluding hydrogens is 210 g/mol. The van der Waals surface area contributed by atoms with Gasteiger partial charge < -0.3 is 10.5 Å². The number of benzene rings is 1. The first kappa shape index (κ1) is 14.0. The van der Waals surface area contributed by atoms with Gasteiger partial charge in [-0.2, -0.15) is 0 Å². The first-order chi connectivity index (χ1) is 8.00. The second-order valence-electron chi connectivity index (χ2n) is 5.05. The van der Waals surface area contributed by atoms with E-state index in [4.69, 9.17) is 10.5 Å². The average Bonchev–Trinajstić information content (AvgIpc) is 2.20. The van der Waals surface area contributed by atoms with E-state index in [0.717, 1.165) is 31.6 Å². The molecule has 0 spiro atoms. The minimum atomic E-state index is 0.304. The SMILES string of the molecule is Cc1cc(C)c(OCCCCC(C)N)c(C)c1. The summed E-state index contributed by atoms with van der Waals surface area (Å²) < 4.78 is 5.86. The van der Waals surface area contributed by atoms with Crippen LogP contribution in [0.4, 0.5) is 0 Å². The number of nitrogens with two attached hydrogens (primary N) is 1. The first-order valence-electron chi connectivity index (χ1n) is 6.47. The average molecular weight is 235 g/mol. The van der Waals surface area contributed by atoms with Crippen LogP contribution in [0, 0.1) is 20.8 Å². The molecule has 0 saturated carbocycles. The molecule has 17 heavy (non-hydrogen) atoms. The van der Waals surface area contributed by atoms with Crippen LogP contribution in [-0.4, -0.2) is 12.6 Å². The molecule has 1 unspecified atom stereocenters. The molecule has 0 aliphatic carbocycles. The molecule has 1 aromatic rings. The molecule has 2 nitrogen and oxygen atoms in total. The monoisotopic (exact) mass is 235 g/mol. The van der Waals surface area contributed by atoms with E-state index in [9.17, 15) is 0 Å². The summed E-state index contributed by atoms with van der Waals surface area (Å²) in [5.74, 6) is 1.05. The van der Waals surface area contributed by atoms with Crippen molar-refractivity contribution in [1.82, 2.24) is 0 Å². The van der Waals surface area contributed by atoms with Crippen molar-refractivity contribution in [1.29, 1.82) is 0 Å². The fraction of sp³-hybridized carbons (Fsp3) is 0.600. The second kappa shape index (κ2) is 6.65. The number of aryl methyl sites for hydroxylation is 3. The molecule has 0 amide bonds. The summed E-state index contributed by atoms with van der Waals surface area (Å²) in [6.45, 7) is 9.17. The van der Waals surface area contributed by atoms with E-state index >= 15 is 0 Å². The summed E-state index contributed by atoms with van der Waals surface area (Å²) in [5.41, 5.74) is 9.47. The lowest BCUT2D eigenvalue weighted by Crippen LogP contribution is -2.14. The maximum atomic E-state index is 5.86. The van der Waals surface area contributed by atoms with E-state index < -0.39 is 0 Å². The van der Waals surface area contributed by atoms with Gasteiger partial charge in [0.2, 0.25) is 0 Å². The molecule has 0 radical (unpaired) electrons. The Morgan fingerprint density at radius 3 is 2.24 bits per heavy atom. The van der Waals surface area contributed by atoms with Crippen LogP contribution in [0.2, 0.25) is 0 Å². The third-order valence-electron chi connectivity index (χ3n) is 2.90. The van der Waals surface area contributed by atoms with Gasteiger partial charge in [-0.1, -0.05) is 17.7 Å². The van der Waals surface area contributed by atoms with Gasteiger partial charge in [0, 0.05) is 6.04 Å². The summed E-state index contributed by atoms with van der Waals surface area (Å²) in [4.78, 5) is 0. The fourth-order valence-corrected chi connectivity index (χ4v) is 2.14. The van der Waals surface area contributed by atoms with Crippen molar-refractivity contribution in [2.45, 2.75) is 53.0 Å². The van der Waals surface area contributed by atoms with Crippen LogP contribution < -0.4 is 10.5 Å². The molecule has 0 fully saturated rings. The predicted molar refractivity (Wildman–Crippen MR) is 73.6 cm³/mol.